The zero-order chi connectivity index (χ0) is 16.1. The summed E-state index contributed by atoms with van der Waals surface area (Å²) in [5.41, 5.74) is 3.21. The van der Waals surface area contributed by atoms with Crippen LogP contribution in [0.25, 0.3) is 0 Å². The Morgan fingerprint density at radius 2 is 1.86 bits per heavy atom. The zero-order valence-corrected chi connectivity index (χ0v) is 14.0. The molecule has 1 amide bonds. The first-order valence-corrected chi connectivity index (χ1v) is 7.66. The number of hydrogen-bond donors (Lipinski definition) is 2. The van der Waals surface area contributed by atoms with E-state index >= 15 is 0 Å². The van der Waals surface area contributed by atoms with E-state index < -0.39 is 0 Å². The highest BCUT2D eigenvalue weighted by Gasteiger charge is 2.05. The van der Waals surface area contributed by atoms with Crippen molar-refractivity contribution in [1.29, 1.82) is 0 Å². The first-order chi connectivity index (χ1) is 10.5. The van der Waals surface area contributed by atoms with E-state index in [-0.39, 0.29) is 18.2 Å². The highest BCUT2D eigenvalue weighted by Crippen LogP contribution is 2.20. The fourth-order valence-electron chi connectivity index (χ4n) is 1.91. The molecule has 0 aliphatic carbocycles. The van der Waals surface area contributed by atoms with Gasteiger partial charge in [-0.3, -0.25) is 9.59 Å². The first kappa shape index (κ1) is 16.2. The number of carbonyl (C=O) groups excluding carboxylic acids is 2. The number of amides is 1. The Bertz CT molecular complexity index is 714. The quantitative estimate of drug-likeness (QED) is 0.792. The van der Waals surface area contributed by atoms with E-state index in [9.17, 15) is 9.59 Å². The molecular weight excluding hydrogens is 344 g/mol. The highest BCUT2D eigenvalue weighted by atomic mass is 79.9. The number of aryl methyl sites for hydroxylation is 1. The van der Waals surface area contributed by atoms with Gasteiger partial charge in [0.2, 0.25) is 5.91 Å². The molecule has 0 heterocycles. The third-order valence-electron chi connectivity index (χ3n) is 3.18. The van der Waals surface area contributed by atoms with Crippen LogP contribution in [0.15, 0.2) is 46.9 Å². The van der Waals surface area contributed by atoms with Crippen LogP contribution in [0, 0.1) is 6.92 Å². The molecule has 4 nitrogen and oxygen atoms in total. The van der Waals surface area contributed by atoms with Gasteiger partial charge in [0.15, 0.2) is 5.78 Å². The van der Waals surface area contributed by atoms with Crippen LogP contribution < -0.4 is 10.6 Å². The maximum atomic E-state index is 11.9. The Morgan fingerprint density at radius 3 is 2.55 bits per heavy atom. The fraction of sp³-hybridized carbons (Fsp3) is 0.176. The molecule has 0 unspecified atom stereocenters. The largest absolute Gasteiger partial charge is 0.376 e. The van der Waals surface area contributed by atoms with Gasteiger partial charge in [-0.25, -0.2) is 0 Å². The Hall–Kier alpha value is -2.14. The average molecular weight is 361 g/mol. The maximum absolute atomic E-state index is 11.9. The second-order valence-corrected chi connectivity index (χ2v) is 5.86. The maximum Gasteiger partial charge on any atom is 0.243 e. The lowest BCUT2D eigenvalue weighted by molar-refractivity contribution is -0.114. The topological polar surface area (TPSA) is 58.2 Å². The summed E-state index contributed by atoms with van der Waals surface area (Å²) in [5, 5.41) is 5.83. The molecule has 2 rings (SSSR count). The Balaban J connectivity index is 1.94. The second-order valence-electron chi connectivity index (χ2n) is 5.00. The second kappa shape index (κ2) is 7.22. The SMILES string of the molecule is CC(=O)c1cccc(NCC(=O)Nc2ccc(C)c(Br)c2)c1. The van der Waals surface area contributed by atoms with Gasteiger partial charge < -0.3 is 10.6 Å². The van der Waals surface area contributed by atoms with Gasteiger partial charge >= 0.3 is 0 Å². The molecule has 2 N–H and O–H groups in total. The smallest absolute Gasteiger partial charge is 0.243 e. The molecule has 0 atom stereocenters. The summed E-state index contributed by atoms with van der Waals surface area (Å²) < 4.78 is 0.951. The summed E-state index contributed by atoms with van der Waals surface area (Å²) in [5.74, 6) is -0.151. The molecule has 0 aromatic heterocycles. The van der Waals surface area contributed by atoms with Gasteiger partial charge in [0.05, 0.1) is 6.54 Å². The van der Waals surface area contributed by atoms with E-state index in [1.54, 1.807) is 18.2 Å². The molecule has 0 saturated carbocycles. The Labute approximate surface area is 138 Å². The minimum absolute atomic E-state index is 0.00222. The minimum atomic E-state index is -0.149. The highest BCUT2D eigenvalue weighted by molar-refractivity contribution is 9.10. The summed E-state index contributed by atoms with van der Waals surface area (Å²) in [4.78, 5) is 23.3. The van der Waals surface area contributed by atoms with Gasteiger partial charge in [-0.15, -0.1) is 0 Å². The molecule has 0 radical (unpaired) electrons. The summed E-state index contributed by atoms with van der Waals surface area (Å²) in [6.45, 7) is 3.63. The summed E-state index contributed by atoms with van der Waals surface area (Å²) >= 11 is 3.43. The van der Waals surface area contributed by atoms with Gasteiger partial charge in [0.1, 0.15) is 0 Å². The number of halogens is 1. The minimum Gasteiger partial charge on any atom is -0.376 e. The van der Waals surface area contributed by atoms with Gasteiger partial charge in [-0.1, -0.05) is 34.1 Å². The number of benzene rings is 2. The van der Waals surface area contributed by atoms with Crippen LogP contribution in [0.3, 0.4) is 0 Å². The van der Waals surface area contributed by atoms with Crippen LogP contribution in [-0.2, 0) is 4.79 Å². The van der Waals surface area contributed by atoms with Crippen LogP contribution in [0.5, 0.6) is 0 Å². The van der Waals surface area contributed by atoms with Crippen molar-refractivity contribution in [2.45, 2.75) is 13.8 Å². The molecule has 0 saturated heterocycles. The number of hydrogen-bond acceptors (Lipinski definition) is 3. The van der Waals surface area contributed by atoms with Crippen LogP contribution in [0.2, 0.25) is 0 Å². The summed E-state index contributed by atoms with van der Waals surface area (Å²) in [6, 6.07) is 12.7. The predicted octanol–water partition coefficient (Wildman–Crippen LogP) is 4.01. The third-order valence-corrected chi connectivity index (χ3v) is 4.03. The van der Waals surface area contributed by atoms with E-state index in [0.717, 1.165) is 21.4 Å². The van der Waals surface area contributed by atoms with Crippen LogP contribution >= 0.6 is 15.9 Å². The Kier molecular flexibility index (Phi) is 5.33. The van der Waals surface area contributed by atoms with E-state index in [1.165, 1.54) is 6.92 Å². The van der Waals surface area contributed by atoms with E-state index in [1.807, 2.05) is 31.2 Å². The van der Waals surface area contributed by atoms with E-state index in [4.69, 9.17) is 0 Å². The van der Waals surface area contributed by atoms with Crippen molar-refractivity contribution in [2.75, 3.05) is 17.2 Å². The molecule has 0 bridgehead atoms. The predicted molar refractivity (Wildman–Crippen MR) is 92.4 cm³/mol. The molecule has 5 heteroatoms. The standard InChI is InChI=1S/C17H17BrN2O2/c1-11-6-7-15(9-16(11)18)20-17(22)10-19-14-5-3-4-13(8-14)12(2)21/h3-9,19H,10H2,1-2H3,(H,20,22). The van der Waals surface area contributed by atoms with Crippen molar-refractivity contribution in [3.63, 3.8) is 0 Å². The zero-order valence-electron chi connectivity index (χ0n) is 12.4. The normalized spacial score (nSPS) is 10.1. The van der Waals surface area contributed by atoms with Gasteiger partial charge in [-0.05, 0) is 43.7 Å². The van der Waals surface area contributed by atoms with Crippen LogP contribution in [0.1, 0.15) is 22.8 Å². The van der Waals surface area contributed by atoms with E-state index in [0.29, 0.717) is 5.56 Å². The van der Waals surface area contributed by atoms with Gasteiger partial charge in [0.25, 0.3) is 0 Å². The van der Waals surface area contributed by atoms with Crippen LogP contribution in [-0.4, -0.2) is 18.2 Å². The molecule has 0 fully saturated rings. The van der Waals surface area contributed by atoms with Crippen molar-refractivity contribution in [1.82, 2.24) is 0 Å². The van der Waals surface area contributed by atoms with E-state index in [2.05, 4.69) is 26.6 Å². The van der Waals surface area contributed by atoms with Gasteiger partial charge in [-0.2, -0.15) is 0 Å². The molecule has 0 aliphatic heterocycles. The third kappa shape index (κ3) is 4.43. The number of Topliss-reactive ketones (excluding diaryl/α,β-unsaturated/α-hetero) is 1. The molecule has 114 valence electrons. The molecule has 22 heavy (non-hydrogen) atoms. The molecular formula is C17H17BrN2O2. The molecule has 2 aromatic carbocycles. The first-order valence-electron chi connectivity index (χ1n) is 6.86. The average Bonchev–Trinajstić information content (AvgIpc) is 2.49. The van der Waals surface area contributed by atoms with Crippen molar-refractivity contribution >= 4 is 39.0 Å². The van der Waals surface area contributed by atoms with Crippen molar-refractivity contribution in [2.24, 2.45) is 0 Å². The summed E-state index contributed by atoms with van der Waals surface area (Å²) in [6.07, 6.45) is 0. The number of carbonyl (C=O) groups is 2. The van der Waals surface area contributed by atoms with Crippen molar-refractivity contribution in [3.8, 4) is 0 Å². The lowest BCUT2D eigenvalue weighted by Crippen LogP contribution is -2.21. The number of ketones is 1. The van der Waals surface area contributed by atoms with Crippen molar-refractivity contribution in [3.05, 3.63) is 58.1 Å². The van der Waals surface area contributed by atoms with Crippen LogP contribution in [0.4, 0.5) is 11.4 Å². The number of anilines is 2. The lowest BCUT2D eigenvalue weighted by atomic mass is 10.1. The summed E-state index contributed by atoms with van der Waals surface area (Å²) in [7, 11) is 0. The van der Waals surface area contributed by atoms with Crippen molar-refractivity contribution < 1.29 is 9.59 Å². The number of rotatable bonds is 5. The fourth-order valence-corrected chi connectivity index (χ4v) is 2.29. The van der Waals surface area contributed by atoms with Gasteiger partial charge in [0, 0.05) is 21.4 Å². The Morgan fingerprint density at radius 1 is 1.09 bits per heavy atom. The molecule has 0 spiro atoms. The lowest BCUT2D eigenvalue weighted by Gasteiger charge is -2.09. The number of nitrogens with one attached hydrogen (secondary N) is 2. The monoisotopic (exact) mass is 360 g/mol. The molecule has 2 aromatic rings. The molecule has 0 aliphatic rings.